The van der Waals surface area contributed by atoms with E-state index in [4.69, 9.17) is 0 Å². The van der Waals surface area contributed by atoms with Crippen LogP contribution in [0.15, 0.2) is 70.2 Å². The van der Waals surface area contributed by atoms with Crippen molar-refractivity contribution in [3.63, 3.8) is 0 Å². The molecule has 4 nitrogen and oxygen atoms in total. The van der Waals surface area contributed by atoms with Gasteiger partial charge in [0.15, 0.2) is 9.84 Å². The fourth-order valence-corrected chi connectivity index (χ4v) is 3.07. The van der Waals surface area contributed by atoms with Crippen LogP contribution in [-0.2, 0) is 16.3 Å². The molecule has 2 aromatic rings. The van der Waals surface area contributed by atoms with Gasteiger partial charge in [-0.25, -0.2) is 8.42 Å². The first-order valence-electron chi connectivity index (χ1n) is 8.30. The van der Waals surface area contributed by atoms with E-state index >= 15 is 0 Å². The summed E-state index contributed by atoms with van der Waals surface area (Å²) in [6.07, 6.45) is 1.90. The van der Waals surface area contributed by atoms with E-state index in [2.05, 4.69) is 41.0 Å². The van der Waals surface area contributed by atoms with Crippen LogP contribution in [0.2, 0.25) is 0 Å². The molecule has 0 amide bonds. The van der Waals surface area contributed by atoms with Gasteiger partial charge in [0.05, 0.1) is 10.6 Å². The molecule has 0 N–H and O–H groups in total. The standard InChI is InChI=1S/C21H24N2O2S/c1-15(2)19-11-9-18(10-12-19)13-16(3)22-23-17(4)20-7-6-8-21(14-20)26(5,24)25/h6-12,14H,1,13H2,2-5H3/b22-16+,23-17+. The molecule has 136 valence electrons. The van der Waals surface area contributed by atoms with Crippen molar-refractivity contribution >= 4 is 26.8 Å². The first-order valence-corrected chi connectivity index (χ1v) is 10.2. The van der Waals surface area contributed by atoms with Crippen molar-refractivity contribution in [3.05, 3.63) is 71.8 Å². The zero-order valence-electron chi connectivity index (χ0n) is 15.7. The summed E-state index contributed by atoms with van der Waals surface area (Å²) in [5, 5.41) is 8.54. The van der Waals surface area contributed by atoms with Crippen molar-refractivity contribution in [2.45, 2.75) is 32.1 Å². The van der Waals surface area contributed by atoms with Crippen molar-refractivity contribution in [2.24, 2.45) is 10.2 Å². The highest BCUT2D eigenvalue weighted by Crippen LogP contribution is 2.14. The zero-order valence-corrected chi connectivity index (χ0v) is 16.5. The SMILES string of the molecule is C=C(C)c1ccc(C/C(C)=N/N=C(\C)c2cccc(S(C)(=O)=O)c2)cc1. The van der Waals surface area contributed by atoms with Crippen LogP contribution in [0.25, 0.3) is 5.57 Å². The molecule has 0 spiro atoms. The molecule has 0 unspecified atom stereocenters. The molecular weight excluding hydrogens is 344 g/mol. The van der Waals surface area contributed by atoms with Gasteiger partial charge >= 0.3 is 0 Å². The largest absolute Gasteiger partial charge is 0.224 e. The van der Waals surface area contributed by atoms with Crippen LogP contribution in [0.4, 0.5) is 0 Å². The quantitative estimate of drug-likeness (QED) is 0.555. The normalized spacial score (nSPS) is 12.9. The maximum Gasteiger partial charge on any atom is 0.175 e. The summed E-state index contributed by atoms with van der Waals surface area (Å²) in [4.78, 5) is 0.280. The van der Waals surface area contributed by atoms with Crippen molar-refractivity contribution in [2.75, 3.05) is 6.26 Å². The third-order valence-corrected chi connectivity index (χ3v) is 5.07. The average Bonchev–Trinajstić information content (AvgIpc) is 2.59. The Morgan fingerprint density at radius 1 is 0.962 bits per heavy atom. The molecule has 0 aliphatic carbocycles. The Labute approximate surface area is 155 Å². The van der Waals surface area contributed by atoms with E-state index in [1.807, 2.05) is 26.8 Å². The average molecular weight is 369 g/mol. The summed E-state index contributed by atoms with van der Waals surface area (Å²) in [6.45, 7) is 9.67. The fraction of sp³-hybridized carbons (Fsp3) is 0.238. The summed E-state index contributed by atoms with van der Waals surface area (Å²) in [5.41, 5.74) is 5.62. The number of allylic oxidation sites excluding steroid dienone is 1. The molecule has 0 aromatic heterocycles. The molecule has 2 aromatic carbocycles. The second kappa shape index (κ2) is 8.23. The monoisotopic (exact) mass is 368 g/mol. The van der Waals surface area contributed by atoms with E-state index in [9.17, 15) is 8.42 Å². The number of hydrogen-bond donors (Lipinski definition) is 0. The molecule has 0 saturated carbocycles. The van der Waals surface area contributed by atoms with Crippen molar-refractivity contribution < 1.29 is 8.42 Å². The molecule has 26 heavy (non-hydrogen) atoms. The minimum atomic E-state index is -3.24. The minimum Gasteiger partial charge on any atom is -0.224 e. The third-order valence-electron chi connectivity index (χ3n) is 3.96. The number of nitrogens with zero attached hydrogens (tertiary/aromatic N) is 2. The van der Waals surface area contributed by atoms with Gasteiger partial charge in [-0.05, 0) is 49.6 Å². The van der Waals surface area contributed by atoms with E-state index in [1.165, 1.54) is 6.26 Å². The Morgan fingerprint density at radius 2 is 1.62 bits per heavy atom. The van der Waals surface area contributed by atoms with E-state index in [0.717, 1.165) is 28.0 Å². The Balaban J connectivity index is 2.14. The Bertz CT molecular complexity index is 969. The molecule has 0 radical (unpaired) electrons. The summed E-state index contributed by atoms with van der Waals surface area (Å²) in [6, 6.07) is 15.0. The summed E-state index contributed by atoms with van der Waals surface area (Å²) in [7, 11) is -3.24. The van der Waals surface area contributed by atoms with Gasteiger partial charge in [0.2, 0.25) is 0 Å². The molecule has 0 saturated heterocycles. The molecule has 0 atom stereocenters. The van der Waals surface area contributed by atoms with Crippen LogP contribution in [0.3, 0.4) is 0 Å². The smallest absolute Gasteiger partial charge is 0.175 e. The van der Waals surface area contributed by atoms with Crippen LogP contribution in [0.1, 0.15) is 37.5 Å². The second-order valence-corrected chi connectivity index (χ2v) is 8.49. The first-order chi connectivity index (χ1) is 12.2. The van der Waals surface area contributed by atoms with Gasteiger partial charge < -0.3 is 0 Å². The van der Waals surface area contributed by atoms with Crippen LogP contribution >= 0.6 is 0 Å². The van der Waals surface area contributed by atoms with Gasteiger partial charge in [-0.2, -0.15) is 10.2 Å². The Morgan fingerprint density at radius 3 is 2.19 bits per heavy atom. The maximum absolute atomic E-state index is 11.7. The van der Waals surface area contributed by atoms with E-state index in [0.29, 0.717) is 12.1 Å². The topological polar surface area (TPSA) is 58.9 Å². The molecule has 2 rings (SSSR count). The number of benzene rings is 2. The summed E-state index contributed by atoms with van der Waals surface area (Å²) < 4.78 is 23.3. The van der Waals surface area contributed by atoms with Crippen LogP contribution in [0, 0.1) is 0 Å². The Hall–Kier alpha value is -2.53. The molecule has 5 heteroatoms. The third kappa shape index (κ3) is 5.49. The molecule has 0 fully saturated rings. The lowest BCUT2D eigenvalue weighted by atomic mass is 10.0. The number of hydrogen-bond acceptors (Lipinski definition) is 4. The van der Waals surface area contributed by atoms with E-state index < -0.39 is 9.84 Å². The number of sulfone groups is 1. The van der Waals surface area contributed by atoms with E-state index in [1.54, 1.807) is 18.2 Å². The predicted octanol–water partition coefficient (Wildman–Crippen LogP) is 4.55. The minimum absolute atomic E-state index is 0.280. The lowest BCUT2D eigenvalue weighted by Crippen LogP contribution is -2.01. The molecule has 0 bridgehead atoms. The van der Waals surface area contributed by atoms with Gasteiger partial charge in [-0.15, -0.1) is 0 Å². The highest BCUT2D eigenvalue weighted by atomic mass is 32.2. The lowest BCUT2D eigenvalue weighted by Gasteiger charge is -2.04. The van der Waals surface area contributed by atoms with Crippen molar-refractivity contribution in [1.82, 2.24) is 0 Å². The zero-order chi connectivity index (χ0) is 19.3. The van der Waals surface area contributed by atoms with Gasteiger partial charge in [0, 0.05) is 18.4 Å². The number of rotatable bonds is 6. The first kappa shape index (κ1) is 19.8. The predicted molar refractivity (Wildman–Crippen MR) is 110 cm³/mol. The molecule has 0 heterocycles. The highest BCUT2D eigenvalue weighted by molar-refractivity contribution is 7.90. The summed E-state index contributed by atoms with van der Waals surface area (Å²) >= 11 is 0. The fourth-order valence-electron chi connectivity index (χ4n) is 2.41. The molecule has 0 aliphatic heterocycles. The van der Waals surface area contributed by atoms with Crippen molar-refractivity contribution in [1.29, 1.82) is 0 Å². The van der Waals surface area contributed by atoms with Gasteiger partial charge in [-0.1, -0.05) is 48.6 Å². The van der Waals surface area contributed by atoms with Gasteiger partial charge in [-0.3, -0.25) is 0 Å². The van der Waals surface area contributed by atoms with Crippen molar-refractivity contribution in [3.8, 4) is 0 Å². The lowest BCUT2D eigenvalue weighted by molar-refractivity contribution is 0.602. The van der Waals surface area contributed by atoms with Crippen LogP contribution in [-0.4, -0.2) is 26.1 Å². The van der Waals surface area contributed by atoms with Crippen LogP contribution < -0.4 is 0 Å². The molecular formula is C21H24N2O2S. The van der Waals surface area contributed by atoms with E-state index in [-0.39, 0.29) is 4.90 Å². The highest BCUT2D eigenvalue weighted by Gasteiger charge is 2.08. The van der Waals surface area contributed by atoms with Crippen LogP contribution in [0.5, 0.6) is 0 Å². The molecule has 0 aliphatic rings. The van der Waals surface area contributed by atoms with Gasteiger partial charge in [0.25, 0.3) is 0 Å². The summed E-state index contributed by atoms with van der Waals surface area (Å²) in [5.74, 6) is 0. The maximum atomic E-state index is 11.7. The van der Waals surface area contributed by atoms with Gasteiger partial charge in [0.1, 0.15) is 0 Å². The Kier molecular flexibility index (Phi) is 6.27. The second-order valence-electron chi connectivity index (χ2n) is 6.47.